The molecule has 0 aliphatic carbocycles. The summed E-state index contributed by atoms with van der Waals surface area (Å²) in [6.07, 6.45) is 5.83. The fourth-order valence-corrected chi connectivity index (χ4v) is 1.42. The average molecular weight is 169 g/mol. The number of aryl methyl sites for hydroxylation is 1. The smallest absolute Gasteiger partial charge is 0.191 e. The third kappa shape index (κ3) is 2.38. The van der Waals surface area contributed by atoms with E-state index in [0.29, 0.717) is 0 Å². The second-order valence-corrected chi connectivity index (χ2v) is 3.09. The molecule has 0 aliphatic rings. The molecule has 0 bridgehead atoms. The highest BCUT2D eigenvalue weighted by molar-refractivity contribution is 7.99. The zero-order valence-electron chi connectivity index (χ0n) is 6.69. The molecule has 0 aromatic carbocycles. The van der Waals surface area contributed by atoms with Crippen LogP contribution in [0.3, 0.4) is 0 Å². The number of allylic oxidation sites excluding steroid dienone is 1. The lowest BCUT2D eigenvalue weighted by molar-refractivity contribution is 0.789. The van der Waals surface area contributed by atoms with Crippen LogP contribution in [-0.2, 0) is 7.05 Å². The van der Waals surface area contributed by atoms with Gasteiger partial charge in [0.05, 0.1) is 0 Å². The number of hydrogen-bond donors (Lipinski definition) is 0. The van der Waals surface area contributed by atoms with Gasteiger partial charge in [-0.2, -0.15) is 0 Å². The molecule has 0 saturated carbocycles. The van der Waals surface area contributed by atoms with Gasteiger partial charge in [-0.1, -0.05) is 23.9 Å². The maximum atomic E-state index is 3.93. The molecule has 0 fully saturated rings. The van der Waals surface area contributed by atoms with Crippen LogP contribution in [0.4, 0.5) is 0 Å². The van der Waals surface area contributed by atoms with Crippen LogP contribution in [0.1, 0.15) is 6.92 Å². The van der Waals surface area contributed by atoms with Crippen molar-refractivity contribution in [1.29, 1.82) is 0 Å². The monoisotopic (exact) mass is 169 g/mol. The predicted molar refractivity (Wildman–Crippen MR) is 46.5 cm³/mol. The fraction of sp³-hybridized carbons (Fsp3) is 0.429. The minimum absolute atomic E-state index is 0.961. The quantitative estimate of drug-likeness (QED) is 0.507. The molecule has 1 aromatic heterocycles. The van der Waals surface area contributed by atoms with Crippen molar-refractivity contribution < 1.29 is 0 Å². The van der Waals surface area contributed by atoms with Crippen molar-refractivity contribution in [3.8, 4) is 0 Å². The number of thioether (sulfide) groups is 1. The number of rotatable bonds is 3. The Morgan fingerprint density at radius 2 is 2.55 bits per heavy atom. The SMILES string of the molecule is C/C=C/CSc1nncn1C. The van der Waals surface area contributed by atoms with E-state index in [2.05, 4.69) is 16.3 Å². The summed E-state index contributed by atoms with van der Waals surface area (Å²) in [7, 11) is 1.94. The van der Waals surface area contributed by atoms with Crippen molar-refractivity contribution in [2.24, 2.45) is 7.05 Å². The first kappa shape index (κ1) is 8.33. The van der Waals surface area contributed by atoms with Gasteiger partial charge in [-0.05, 0) is 6.92 Å². The van der Waals surface area contributed by atoms with Crippen LogP contribution in [-0.4, -0.2) is 20.5 Å². The van der Waals surface area contributed by atoms with E-state index in [0.717, 1.165) is 10.9 Å². The maximum Gasteiger partial charge on any atom is 0.191 e. The zero-order chi connectivity index (χ0) is 8.10. The zero-order valence-corrected chi connectivity index (χ0v) is 7.51. The standard InChI is InChI=1S/C7H11N3S/c1-3-4-5-11-7-9-8-6-10(7)2/h3-4,6H,5H2,1-2H3/b4-3+. The molecule has 0 radical (unpaired) electrons. The van der Waals surface area contributed by atoms with Crippen LogP contribution in [0.2, 0.25) is 0 Å². The summed E-state index contributed by atoms with van der Waals surface area (Å²) < 4.78 is 1.91. The van der Waals surface area contributed by atoms with Crippen molar-refractivity contribution in [2.45, 2.75) is 12.1 Å². The molecule has 60 valence electrons. The third-order valence-corrected chi connectivity index (χ3v) is 2.20. The minimum Gasteiger partial charge on any atom is -0.312 e. The summed E-state index contributed by atoms with van der Waals surface area (Å²) in [6, 6.07) is 0. The summed E-state index contributed by atoms with van der Waals surface area (Å²) in [4.78, 5) is 0. The Kier molecular flexibility index (Phi) is 3.16. The van der Waals surface area contributed by atoms with Gasteiger partial charge in [0.15, 0.2) is 5.16 Å². The Bertz CT molecular complexity index is 242. The summed E-state index contributed by atoms with van der Waals surface area (Å²) >= 11 is 1.68. The fourth-order valence-electron chi connectivity index (χ4n) is 0.622. The van der Waals surface area contributed by atoms with Crippen molar-refractivity contribution >= 4 is 11.8 Å². The molecule has 0 saturated heterocycles. The van der Waals surface area contributed by atoms with Crippen LogP contribution in [0.25, 0.3) is 0 Å². The summed E-state index contributed by atoms with van der Waals surface area (Å²) in [5, 5.41) is 8.66. The van der Waals surface area contributed by atoms with Gasteiger partial charge in [0.2, 0.25) is 0 Å². The van der Waals surface area contributed by atoms with E-state index in [9.17, 15) is 0 Å². The van der Waals surface area contributed by atoms with Crippen molar-refractivity contribution in [2.75, 3.05) is 5.75 Å². The first-order valence-electron chi connectivity index (χ1n) is 3.42. The Morgan fingerprint density at radius 1 is 1.73 bits per heavy atom. The predicted octanol–water partition coefficient (Wildman–Crippen LogP) is 1.48. The highest BCUT2D eigenvalue weighted by atomic mass is 32.2. The molecule has 0 unspecified atom stereocenters. The largest absolute Gasteiger partial charge is 0.312 e. The van der Waals surface area contributed by atoms with E-state index < -0.39 is 0 Å². The van der Waals surface area contributed by atoms with Gasteiger partial charge >= 0.3 is 0 Å². The van der Waals surface area contributed by atoms with Gasteiger partial charge in [0, 0.05) is 12.8 Å². The molecule has 0 aliphatic heterocycles. The lowest BCUT2D eigenvalue weighted by Crippen LogP contribution is -1.88. The normalized spacial score (nSPS) is 11.1. The first-order valence-corrected chi connectivity index (χ1v) is 4.41. The summed E-state index contributed by atoms with van der Waals surface area (Å²) in [5.74, 6) is 0.961. The van der Waals surface area contributed by atoms with Crippen LogP contribution in [0.5, 0.6) is 0 Å². The highest BCUT2D eigenvalue weighted by Gasteiger charge is 1.97. The molecule has 0 N–H and O–H groups in total. The molecule has 1 aromatic rings. The van der Waals surface area contributed by atoms with Gasteiger partial charge < -0.3 is 4.57 Å². The lowest BCUT2D eigenvalue weighted by Gasteiger charge is -1.94. The Hall–Kier alpha value is -0.770. The molecule has 4 heteroatoms. The lowest BCUT2D eigenvalue weighted by atomic mass is 10.6. The molecule has 1 heterocycles. The molecular weight excluding hydrogens is 158 g/mol. The van der Waals surface area contributed by atoms with E-state index in [-0.39, 0.29) is 0 Å². The van der Waals surface area contributed by atoms with Crippen LogP contribution in [0, 0.1) is 0 Å². The molecule has 0 spiro atoms. The van der Waals surface area contributed by atoms with Crippen LogP contribution >= 0.6 is 11.8 Å². The van der Waals surface area contributed by atoms with Crippen molar-refractivity contribution in [3.63, 3.8) is 0 Å². The van der Waals surface area contributed by atoms with E-state index in [1.165, 1.54) is 0 Å². The second-order valence-electron chi connectivity index (χ2n) is 2.10. The van der Waals surface area contributed by atoms with Gasteiger partial charge in [0.1, 0.15) is 6.33 Å². The molecular formula is C7H11N3S. The Labute approximate surface area is 70.5 Å². The van der Waals surface area contributed by atoms with Crippen molar-refractivity contribution in [3.05, 3.63) is 18.5 Å². The Balaban J connectivity index is 2.44. The number of hydrogen-bond acceptors (Lipinski definition) is 3. The van der Waals surface area contributed by atoms with E-state index in [4.69, 9.17) is 0 Å². The maximum absolute atomic E-state index is 3.93. The first-order chi connectivity index (χ1) is 5.34. The van der Waals surface area contributed by atoms with Crippen molar-refractivity contribution in [1.82, 2.24) is 14.8 Å². The van der Waals surface area contributed by atoms with Crippen LogP contribution < -0.4 is 0 Å². The average Bonchev–Trinajstić information content (AvgIpc) is 2.37. The summed E-state index contributed by atoms with van der Waals surface area (Å²) in [6.45, 7) is 2.01. The third-order valence-electron chi connectivity index (χ3n) is 1.21. The van der Waals surface area contributed by atoms with Gasteiger partial charge in [0.25, 0.3) is 0 Å². The number of aromatic nitrogens is 3. The summed E-state index contributed by atoms with van der Waals surface area (Å²) in [5.41, 5.74) is 0. The molecule has 11 heavy (non-hydrogen) atoms. The topological polar surface area (TPSA) is 30.7 Å². The van der Waals surface area contributed by atoms with E-state index in [1.807, 2.05) is 24.6 Å². The highest BCUT2D eigenvalue weighted by Crippen LogP contribution is 2.12. The van der Waals surface area contributed by atoms with Gasteiger partial charge in [-0.15, -0.1) is 10.2 Å². The molecule has 0 atom stereocenters. The second kappa shape index (κ2) is 4.18. The van der Waals surface area contributed by atoms with Gasteiger partial charge in [-0.25, -0.2) is 0 Å². The minimum atomic E-state index is 0.961. The molecule has 1 rings (SSSR count). The van der Waals surface area contributed by atoms with Gasteiger partial charge in [-0.3, -0.25) is 0 Å². The number of nitrogens with zero attached hydrogens (tertiary/aromatic N) is 3. The van der Waals surface area contributed by atoms with E-state index in [1.54, 1.807) is 18.1 Å². The van der Waals surface area contributed by atoms with Crippen LogP contribution in [0.15, 0.2) is 23.6 Å². The molecule has 3 nitrogen and oxygen atoms in total. The Morgan fingerprint density at radius 3 is 3.09 bits per heavy atom. The van der Waals surface area contributed by atoms with E-state index >= 15 is 0 Å². The molecule has 0 amide bonds.